The number of hydrogen-bond donors (Lipinski definition) is 2. The number of carbonyl (C=O) groups excluding carboxylic acids is 1. The van der Waals surface area contributed by atoms with Gasteiger partial charge in [-0.2, -0.15) is 26.3 Å². The summed E-state index contributed by atoms with van der Waals surface area (Å²) in [5, 5.41) is 1.97. The van der Waals surface area contributed by atoms with Crippen molar-refractivity contribution in [2.75, 3.05) is 5.32 Å². The van der Waals surface area contributed by atoms with E-state index in [0.717, 1.165) is 0 Å². The Bertz CT molecular complexity index is 610. The summed E-state index contributed by atoms with van der Waals surface area (Å²) in [6.45, 7) is 0.527. The third-order valence-corrected chi connectivity index (χ3v) is 3.11. The monoisotopic (exact) mass is 368 g/mol. The quantitative estimate of drug-likeness (QED) is 0.599. The molecule has 0 aliphatic heterocycles. The van der Waals surface area contributed by atoms with Gasteiger partial charge in [-0.25, -0.2) is 18.0 Å². The summed E-state index contributed by atoms with van der Waals surface area (Å²) in [4.78, 5) is 11.4. The Kier molecular flexibility index (Phi) is 5.31. The van der Waals surface area contributed by atoms with Crippen LogP contribution in [0.5, 0.6) is 0 Å². The van der Waals surface area contributed by atoms with E-state index in [1.165, 1.54) is 5.32 Å². The zero-order valence-electron chi connectivity index (χ0n) is 11.7. The second-order valence-corrected chi connectivity index (χ2v) is 4.56. The molecule has 24 heavy (non-hydrogen) atoms. The van der Waals surface area contributed by atoms with E-state index in [1.54, 1.807) is 0 Å². The normalized spacial score (nSPS) is 12.9. The summed E-state index contributed by atoms with van der Waals surface area (Å²) in [6.07, 6.45) is -13.4. The Morgan fingerprint density at radius 1 is 0.958 bits per heavy atom. The van der Waals surface area contributed by atoms with E-state index in [4.69, 9.17) is 0 Å². The molecule has 0 saturated heterocycles. The number of hydrogen-bond acceptors (Lipinski definition) is 1. The lowest BCUT2D eigenvalue weighted by atomic mass is 9.94. The van der Waals surface area contributed by atoms with Crippen LogP contribution in [0.3, 0.4) is 0 Å². The second kappa shape index (κ2) is 6.40. The maximum atomic E-state index is 13.3. The molecular formula is C12H9F9N2O. The van der Waals surface area contributed by atoms with E-state index in [-0.39, 0.29) is 0 Å². The smallest absolute Gasteiger partial charge is 0.316 e. The molecule has 0 aromatic heterocycles. The highest BCUT2D eigenvalue weighted by molar-refractivity contribution is 5.90. The van der Waals surface area contributed by atoms with E-state index in [2.05, 4.69) is 0 Å². The van der Waals surface area contributed by atoms with Gasteiger partial charge in [0.15, 0.2) is 17.5 Å². The number of halogens is 9. The van der Waals surface area contributed by atoms with Crippen LogP contribution < -0.4 is 10.6 Å². The van der Waals surface area contributed by atoms with Crippen molar-refractivity contribution in [1.29, 1.82) is 0 Å². The minimum atomic E-state index is -5.91. The highest BCUT2D eigenvalue weighted by Gasteiger charge is 2.70. The van der Waals surface area contributed by atoms with Crippen LogP contribution >= 0.6 is 0 Å². The molecule has 0 atom stereocenters. The number of anilines is 1. The van der Waals surface area contributed by atoms with Gasteiger partial charge >= 0.3 is 18.4 Å². The van der Waals surface area contributed by atoms with Gasteiger partial charge in [0.1, 0.15) is 0 Å². The van der Waals surface area contributed by atoms with Crippen LogP contribution in [0.4, 0.5) is 50.0 Å². The fourth-order valence-electron chi connectivity index (χ4n) is 1.76. The van der Waals surface area contributed by atoms with Crippen molar-refractivity contribution in [2.45, 2.75) is 31.2 Å². The van der Waals surface area contributed by atoms with Gasteiger partial charge in [-0.15, -0.1) is 0 Å². The molecule has 12 heteroatoms. The van der Waals surface area contributed by atoms with Gasteiger partial charge in [-0.3, -0.25) is 0 Å². The topological polar surface area (TPSA) is 41.1 Å². The van der Waals surface area contributed by atoms with E-state index >= 15 is 0 Å². The van der Waals surface area contributed by atoms with Crippen LogP contribution in [0.2, 0.25) is 0 Å². The number of nitrogens with one attached hydrogen (secondary N) is 2. The zero-order chi connectivity index (χ0) is 18.9. The number of carbonyl (C=O) groups is 1. The molecular weight excluding hydrogens is 359 g/mol. The SMILES string of the molecule is CCC(NC(=O)Nc1ccc(F)c(F)c1F)(C(F)(F)F)C(F)(F)F. The van der Waals surface area contributed by atoms with Gasteiger partial charge in [0.25, 0.3) is 0 Å². The minimum absolute atomic E-state index is 0.328. The number of benzene rings is 1. The van der Waals surface area contributed by atoms with Crippen molar-refractivity contribution in [2.24, 2.45) is 0 Å². The summed E-state index contributed by atoms with van der Waals surface area (Å²) in [6, 6.07) is -1.34. The summed E-state index contributed by atoms with van der Waals surface area (Å²) in [7, 11) is 0. The molecule has 2 amide bonds. The van der Waals surface area contributed by atoms with Gasteiger partial charge in [0, 0.05) is 0 Å². The number of rotatable bonds is 3. The van der Waals surface area contributed by atoms with Gasteiger partial charge in [-0.05, 0) is 18.6 Å². The van der Waals surface area contributed by atoms with Crippen LogP contribution in [-0.4, -0.2) is 23.9 Å². The Balaban J connectivity index is 3.14. The van der Waals surface area contributed by atoms with Crippen LogP contribution in [0, 0.1) is 17.5 Å². The molecule has 1 aromatic carbocycles. The second-order valence-electron chi connectivity index (χ2n) is 4.56. The van der Waals surface area contributed by atoms with Gasteiger partial charge in [-0.1, -0.05) is 6.92 Å². The highest BCUT2D eigenvalue weighted by Crippen LogP contribution is 2.45. The predicted octanol–water partition coefficient (Wildman–Crippen LogP) is 4.50. The fraction of sp³-hybridized carbons (Fsp3) is 0.417. The first-order valence-corrected chi connectivity index (χ1v) is 6.13. The predicted molar refractivity (Wildman–Crippen MR) is 63.6 cm³/mol. The molecule has 0 unspecified atom stereocenters. The summed E-state index contributed by atoms with van der Waals surface area (Å²) in [5.41, 5.74) is -5.74. The third kappa shape index (κ3) is 3.51. The average molecular weight is 368 g/mol. The molecule has 1 rings (SSSR count). The first-order valence-electron chi connectivity index (χ1n) is 6.13. The van der Waals surface area contributed by atoms with Crippen LogP contribution in [0.15, 0.2) is 12.1 Å². The molecule has 1 aromatic rings. The van der Waals surface area contributed by atoms with Gasteiger partial charge in [0.05, 0.1) is 5.69 Å². The van der Waals surface area contributed by atoms with Crippen molar-refractivity contribution in [1.82, 2.24) is 5.32 Å². The fourth-order valence-corrected chi connectivity index (χ4v) is 1.76. The lowest BCUT2D eigenvalue weighted by Crippen LogP contribution is -2.67. The van der Waals surface area contributed by atoms with Crippen LogP contribution in [-0.2, 0) is 0 Å². The maximum absolute atomic E-state index is 13.3. The van der Waals surface area contributed by atoms with Gasteiger partial charge < -0.3 is 10.6 Å². The summed E-state index contributed by atoms with van der Waals surface area (Å²) < 4.78 is 116. The van der Waals surface area contributed by atoms with Crippen molar-refractivity contribution in [3.63, 3.8) is 0 Å². The average Bonchev–Trinajstić information content (AvgIpc) is 2.42. The molecule has 136 valence electrons. The lowest BCUT2D eigenvalue weighted by molar-refractivity contribution is -0.304. The number of amides is 2. The van der Waals surface area contributed by atoms with Crippen LogP contribution in [0.25, 0.3) is 0 Å². The molecule has 3 nitrogen and oxygen atoms in total. The minimum Gasteiger partial charge on any atom is -0.316 e. The largest absolute Gasteiger partial charge is 0.420 e. The zero-order valence-corrected chi connectivity index (χ0v) is 11.7. The molecule has 2 N–H and O–H groups in total. The first-order chi connectivity index (χ1) is 10.8. The Morgan fingerprint density at radius 3 is 1.88 bits per heavy atom. The first kappa shape index (κ1) is 19.9. The van der Waals surface area contributed by atoms with Crippen molar-refractivity contribution in [3.8, 4) is 0 Å². The molecule has 0 saturated carbocycles. The summed E-state index contributed by atoms with van der Waals surface area (Å²) >= 11 is 0. The molecule has 0 heterocycles. The standard InChI is InChI=1S/C12H9F9N2O/c1-2-10(11(16,17)18,12(19,20)21)23-9(24)22-6-4-3-5(13)7(14)8(6)15/h3-4H,2H2,1H3,(H2,22,23,24). The Hall–Kier alpha value is -2.14. The van der Waals surface area contributed by atoms with Crippen molar-refractivity contribution < 1.29 is 44.3 Å². The van der Waals surface area contributed by atoms with E-state index in [1.807, 2.05) is 0 Å². The lowest BCUT2D eigenvalue weighted by Gasteiger charge is -2.37. The number of urea groups is 1. The van der Waals surface area contributed by atoms with Crippen LogP contribution in [0.1, 0.15) is 13.3 Å². The number of alkyl halides is 6. The van der Waals surface area contributed by atoms with Gasteiger partial charge in [0.2, 0.25) is 5.54 Å². The van der Waals surface area contributed by atoms with Crippen molar-refractivity contribution >= 4 is 11.7 Å². The van der Waals surface area contributed by atoms with E-state index < -0.39 is 53.5 Å². The third-order valence-electron chi connectivity index (χ3n) is 3.11. The molecule has 0 bridgehead atoms. The van der Waals surface area contributed by atoms with E-state index in [9.17, 15) is 44.3 Å². The molecule has 0 aliphatic rings. The Labute approximate surface area is 128 Å². The molecule has 0 aliphatic carbocycles. The van der Waals surface area contributed by atoms with E-state index in [0.29, 0.717) is 24.4 Å². The molecule has 0 spiro atoms. The molecule has 0 radical (unpaired) electrons. The molecule has 0 fully saturated rings. The van der Waals surface area contributed by atoms with Crippen molar-refractivity contribution in [3.05, 3.63) is 29.6 Å². The summed E-state index contributed by atoms with van der Waals surface area (Å²) in [5.74, 6) is -5.69. The highest BCUT2D eigenvalue weighted by atomic mass is 19.4. The maximum Gasteiger partial charge on any atom is 0.420 e. The Morgan fingerprint density at radius 2 is 1.46 bits per heavy atom.